The second kappa shape index (κ2) is 7.86. The van der Waals surface area contributed by atoms with Gasteiger partial charge in [0.2, 0.25) is 5.91 Å². The zero-order valence-corrected chi connectivity index (χ0v) is 16.6. The van der Waals surface area contributed by atoms with Crippen molar-refractivity contribution in [3.63, 3.8) is 0 Å². The number of likely N-dealkylation sites (tertiary alicyclic amines) is 1. The second-order valence-corrected chi connectivity index (χ2v) is 7.90. The van der Waals surface area contributed by atoms with Gasteiger partial charge in [0.1, 0.15) is 17.5 Å². The molecule has 0 saturated carbocycles. The van der Waals surface area contributed by atoms with Crippen molar-refractivity contribution in [2.24, 2.45) is 0 Å². The van der Waals surface area contributed by atoms with E-state index >= 15 is 0 Å². The lowest BCUT2D eigenvalue weighted by Gasteiger charge is -2.34. The molecule has 2 aliphatic rings. The molecule has 1 aromatic heterocycles. The summed E-state index contributed by atoms with van der Waals surface area (Å²) in [7, 11) is 0. The Labute approximate surface area is 165 Å². The molecule has 0 spiro atoms. The van der Waals surface area contributed by atoms with Crippen LogP contribution in [0.25, 0.3) is 0 Å². The zero-order valence-electron chi connectivity index (χ0n) is 16.6. The summed E-state index contributed by atoms with van der Waals surface area (Å²) in [5.74, 6) is 2.18. The number of aromatic nitrogens is 2. The van der Waals surface area contributed by atoms with E-state index in [1.165, 1.54) is 17.7 Å². The molecule has 0 N–H and O–H groups in total. The van der Waals surface area contributed by atoms with Crippen molar-refractivity contribution < 1.29 is 9.18 Å². The number of piperidine rings is 1. The van der Waals surface area contributed by atoms with Crippen LogP contribution in [-0.4, -0.2) is 40.4 Å². The van der Waals surface area contributed by atoms with Crippen LogP contribution in [-0.2, 0) is 17.8 Å². The molecule has 6 heteroatoms. The maximum absolute atomic E-state index is 13.2. The van der Waals surface area contributed by atoms with Gasteiger partial charge in [0.05, 0.1) is 0 Å². The number of rotatable bonds is 3. The lowest BCUT2D eigenvalue weighted by molar-refractivity contribution is -0.129. The van der Waals surface area contributed by atoms with E-state index in [2.05, 4.69) is 11.8 Å². The van der Waals surface area contributed by atoms with Gasteiger partial charge in [0.15, 0.2) is 0 Å². The molecule has 5 nitrogen and oxygen atoms in total. The molecule has 3 heterocycles. The first-order chi connectivity index (χ1) is 13.5. The number of fused-ring (bicyclic) bond motifs is 1. The van der Waals surface area contributed by atoms with Crippen LogP contribution in [0, 0.1) is 12.7 Å². The third-order valence-electron chi connectivity index (χ3n) is 5.96. The highest BCUT2D eigenvalue weighted by atomic mass is 19.1. The molecule has 1 amide bonds. The van der Waals surface area contributed by atoms with Gasteiger partial charge >= 0.3 is 0 Å². The van der Waals surface area contributed by atoms with Gasteiger partial charge in [-0.2, -0.15) is 0 Å². The monoisotopic (exact) mass is 382 g/mol. The first kappa shape index (κ1) is 18.8. The van der Waals surface area contributed by atoms with E-state index < -0.39 is 0 Å². The lowest BCUT2D eigenvalue weighted by atomic mass is 9.95. The number of amides is 1. The van der Waals surface area contributed by atoms with Gasteiger partial charge in [-0.3, -0.25) is 4.79 Å². The summed E-state index contributed by atoms with van der Waals surface area (Å²) in [5, 5.41) is 0. The van der Waals surface area contributed by atoms with E-state index in [0.29, 0.717) is 5.92 Å². The predicted molar refractivity (Wildman–Crippen MR) is 107 cm³/mol. The number of hydrogen-bond donors (Lipinski definition) is 0. The summed E-state index contributed by atoms with van der Waals surface area (Å²) in [6.45, 7) is 6.94. The van der Waals surface area contributed by atoms with Crippen molar-refractivity contribution in [2.75, 3.05) is 24.5 Å². The quantitative estimate of drug-likeness (QED) is 0.814. The van der Waals surface area contributed by atoms with Crippen molar-refractivity contribution in [3.05, 3.63) is 52.7 Å². The standard InChI is InChI=1S/C22H27FN4O/c1-15-20-4-3-11-27(14-17-5-7-19(23)8-6-17)22(20)25-21(24-15)18-9-12-26(13-10-18)16(2)28/h5-8,18H,3-4,9-14H2,1-2H3. The number of benzene rings is 1. The number of carbonyl (C=O) groups excluding carboxylic acids is 1. The minimum absolute atomic E-state index is 0.145. The van der Waals surface area contributed by atoms with E-state index in [-0.39, 0.29) is 11.7 Å². The molecule has 148 valence electrons. The summed E-state index contributed by atoms with van der Waals surface area (Å²) in [6.07, 6.45) is 3.91. The molecular formula is C22H27FN4O. The largest absolute Gasteiger partial charge is 0.352 e. The Hall–Kier alpha value is -2.50. The van der Waals surface area contributed by atoms with Crippen LogP contribution in [0.2, 0.25) is 0 Å². The van der Waals surface area contributed by atoms with Crippen molar-refractivity contribution in [1.82, 2.24) is 14.9 Å². The van der Waals surface area contributed by atoms with Gasteiger partial charge in [-0.25, -0.2) is 14.4 Å². The molecule has 0 atom stereocenters. The fourth-order valence-electron chi connectivity index (χ4n) is 4.31. The number of aryl methyl sites for hydroxylation is 1. The fraction of sp³-hybridized carbons (Fsp3) is 0.500. The van der Waals surface area contributed by atoms with Gasteiger partial charge < -0.3 is 9.80 Å². The minimum Gasteiger partial charge on any atom is -0.352 e. The van der Waals surface area contributed by atoms with Gasteiger partial charge in [0, 0.05) is 50.3 Å². The van der Waals surface area contributed by atoms with Gasteiger partial charge in [-0.05, 0) is 50.3 Å². The number of carbonyl (C=O) groups is 1. The third-order valence-corrected chi connectivity index (χ3v) is 5.96. The SMILES string of the molecule is CC(=O)N1CCC(c2nc(C)c3c(n2)N(Cc2ccc(F)cc2)CCC3)CC1. The van der Waals surface area contributed by atoms with Gasteiger partial charge in [0.25, 0.3) is 0 Å². The number of nitrogens with zero attached hydrogens (tertiary/aromatic N) is 4. The maximum atomic E-state index is 13.2. The van der Waals surface area contributed by atoms with Crippen LogP contribution in [0.1, 0.15) is 54.7 Å². The van der Waals surface area contributed by atoms with Crippen LogP contribution >= 0.6 is 0 Å². The number of hydrogen-bond acceptors (Lipinski definition) is 4. The molecule has 0 bridgehead atoms. The van der Waals surface area contributed by atoms with Crippen molar-refractivity contribution in [3.8, 4) is 0 Å². The van der Waals surface area contributed by atoms with Crippen molar-refractivity contribution >= 4 is 11.7 Å². The Bertz CT molecular complexity index is 860. The Kier molecular flexibility index (Phi) is 5.29. The molecule has 0 radical (unpaired) electrons. The summed E-state index contributed by atoms with van der Waals surface area (Å²) in [5.41, 5.74) is 3.39. The molecule has 1 aromatic carbocycles. The maximum Gasteiger partial charge on any atom is 0.219 e. The molecule has 0 unspecified atom stereocenters. The molecule has 28 heavy (non-hydrogen) atoms. The molecule has 1 saturated heterocycles. The summed E-state index contributed by atoms with van der Waals surface area (Å²) < 4.78 is 13.2. The second-order valence-electron chi connectivity index (χ2n) is 7.90. The Morgan fingerprint density at radius 3 is 2.54 bits per heavy atom. The van der Waals surface area contributed by atoms with E-state index in [9.17, 15) is 9.18 Å². The third kappa shape index (κ3) is 3.86. The lowest BCUT2D eigenvalue weighted by Crippen LogP contribution is -2.37. The van der Waals surface area contributed by atoms with Crippen molar-refractivity contribution in [1.29, 1.82) is 0 Å². The van der Waals surface area contributed by atoms with E-state index in [4.69, 9.17) is 9.97 Å². The smallest absolute Gasteiger partial charge is 0.219 e. The van der Waals surface area contributed by atoms with Crippen LogP contribution < -0.4 is 4.90 Å². The summed E-state index contributed by atoms with van der Waals surface area (Å²) in [6, 6.07) is 6.71. The first-order valence-corrected chi connectivity index (χ1v) is 10.1. The summed E-state index contributed by atoms with van der Waals surface area (Å²) >= 11 is 0. The molecule has 1 fully saturated rings. The highest BCUT2D eigenvalue weighted by Crippen LogP contribution is 2.32. The summed E-state index contributed by atoms with van der Waals surface area (Å²) in [4.78, 5) is 25.6. The highest BCUT2D eigenvalue weighted by molar-refractivity contribution is 5.73. The topological polar surface area (TPSA) is 49.3 Å². The molecular weight excluding hydrogens is 355 g/mol. The average molecular weight is 382 g/mol. The Balaban J connectivity index is 1.58. The van der Waals surface area contributed by atoms with Crippen molar-refractivity contribution in [2.45, 2.75) is 52.0 Å². The van der Waals surface area contributed by atoms with E-state index in [1.54, 1.807) is 6.92 Å². The predicted octanol–water partition coefficient (Wildman–Crippen LogP) is 3.60. The van der Waals surface area contributed by atoms with Gasteiger partial charge in [-0.15, -0.1) is 0 Å². The highest BCUT2D eigenvalue weighted by Gasteiger charge is 2.27. The normalized spacial score (nSPS) is 17.5. The van der Waals surface area contributed by atoms with E-state index in [0.717, 1.165) is 74.8 Å². The number of halogens is 1. The van der Waals surface area contributed by atoms with Crippen LogP contribution in [0.4, 0.5) is 10.2 Å². The van der Waals surface area contributed by atoms with Gasteiger partial charge in [-0.1, -0.05) is 12.1 Å². The average Bonchev–Trinajstić information content (AvgIpc) is 2.70. The molecule has 2 aromatic rings. The first-order valence-electron chi connectivity index (χ1n) is 10.1. The molecule has 0 aliphatic carbocycles. The zero-order chi connectivity index (χ0) is 19.7. The minimum atomic E-state index is -0.208. The molecule has 4 rings (SSSR count). The van der Waals surface area contributed by atoms with E-state index in [1.807, 2.05) is 17.0 Å². The Morgan fingerprint density at radius 1 is 1.14 bits per heavy atom. The van der Waals surface area contributed by atoms with Crippen LogP contribution in [0.15, 0.2) is 24.3 Å². The van der Waals surface area contributed by atoms with Crippen LogP contribution in [0.3, 0.4) is 0 Å². The fourth-order valence-corrected chi connectivity index (χ4v) is 4.31. The Morgan fingerprint density at radius 2 is 1.86 bits per heavy atom. The van der Waals surface area contributed by atoms with Crippen LogP contribution in [0.5, 0.6) is 0 Å². The number of anilines is 1. The molecule has 2 aliphatic heterocycles.